The summed E-state index contributed by atoms with van der Waals surface area (Å²) in [4.78, 5) is 25.2. The van der Waals surface area contributed by atoms with Crippen molar-refractivity contribution in [2.24, 2.45) is 5.92 Å². The number of fused-ring (bicyclic) bond motifs is 1. The largest absolute Gasteiger partial charge is 0.379 e. The first kappa shape index (κ1) is 26.7. The third-order valence-electron chi connectivity index (χ3n) is 7.37. The Morgan fingerprint density at radius 1 is 1.05 bits per heavy atom. The van der Waals surface area contributed by atoms with Gasteiger partial charge in [0.2, 0.25) is 10.0 Å². The molecule has 5 rings (SSSR count). The predicted molar refractivity (Wildman–Crippen MR) is 146 cm³/mol. The van der Waals surface area contributed by atoms with Gasteiger partial charge in [0, 0.05) is 31.2 Å². The monoisotopic (exact) mass is 537 g/mol. The van der Waals surface area contributed by atoms with E-state index in [-0.39, 0.29) is 10.8 Å². The van der Waals surface area contributed by atoms with Gasteiger partial charge >= 0.3 is 0 Å². The third kappa shape index (κ3) is 6.04. The van der Waals surface area contributed by atoms with Gasteiger partial charge in [0.15, 0.2) is 0 Å². The number of rotatable bonds is 8. The molecule has 2 aromatic heterocycles. The van der Waals surface area contributed by atoms with E-state index >= 15 is 0 Å². The Kier molecular flexibility index (Phi) is 8.32. The van der Waals surface area contributed by atoms with Crippen LogP contribution < -0.4 is 5.32 Å². The van der Waals surface area contributed by atoms with E-state index in [2.05, 4.69) is 22.1 Å². The van der Waals surface area contributed by atoms with Crippen molar-refractivity contribution in [3.63, 3.8) is 0 Å². The van der Waals surface area contributed by atoms with Crippen LogP contribution in [0.25, 0.3) is 22.3 Å². The molecule has 2 fully saturated rings. The minimum absolute atomic E-state index is 0.146. The van der Waals surface area contributed by atoms with Crippen LogP contribution in [0.1, 0.15) is 36.5 Å². The topological polar surface area (TPSA) is 105 Å². The number of carbonyl (C=O) groups excluding carboxylic acids is 1. The number of piperidine rings is 1. The lowest BCUT2D eigenvalue weighted by atomic mass is 9.99. The molecule has 0 aliphatic carbocycles. The van der Waals surface area contributed by atoms with Crippen LogP contribution in [0, 0.1) is 5.92 Å². The van der Waals surface area contributed by atoms with Crippen molar-refractivity contribution in [1.82, 2.24) is 24.5 Å². The molecule has 3 aromatic rings. The highest BCUT2D eigenvalue weighted by Crippen LogP contribution is 2.28. The van der Waals surface area contributed by atoms with Crippen LogP contribution in [0.4, 0.5) is 0 Å². The van der Waals surface area contributed by atoms with Gasteiger partial charge in [-0.15, -0.1) is 0 Å². The summed E-state index contributed by atoms with van der Waals surface area (Å²) in [6.07, 6.45) is 4.98. The smallest absolute Gasteiger partial charge is 0.252 e. The lowest BCUT2D eigenvalue weighted by molar-refractivity contribution is 0.0730. The molecule has 0 atom stereocenters. The predicted octanol–water partition coefficient (Wildman–Crippen LogP) is 3.17. The van der Waals surface area contributed by atoms with Crippen molar-refractivity contribution >= 4 is 26.8 Å². The molecule has 9 nitrogen and oxygen atoms in total. The molecule has 1 N–H and O–H groups in total. The molecule has 4 heterocycles. The maximum absolute atomic E-state index is 13.4. The fourth-order valence-electron chi connectivity index (χ4n) is 5.02. The van der Waals surface area contributed by atoms with Gasteiger partial charge in [-0.3, -0.25) is 9.78 Å². The molecule has 0 unspecified atom stereocenters. The number of likely N-dealkylation sites (tertiary alicyclic amines) is 1. The van der Waals surface area contributed by atoms with Crippen LogP contribution in [0.3, 0.4) is 0 Å². The second kappa shape index (κ2) is 11.9. The van der Waals surface area contributed by atoms with Crippen LogP contribution in [0.2, 0.25) is 0 Å². The molecule has 10 heteroatoms. The molecule has 0 saturated carbocycles. The highest BCUT2D eigenvalue weighted by Gasteiger charge is 2.27. The summed E-state index contributed by atoms with van der Waals surface area (Å²) in [7, 11) is -3.72. The normalized spacial score (nSPS) is 18.0. The summed E-state index contributed by atoms with van der Waals surface area (Å²) in [5.41, 5.74) is 2.14. The van der Waals surface area contributed by atoms with Crippen LogP contribution in [-0.4, -0.2) is 86.0 Å². The number of carbonyl (C=O) groups is 1. The fraction of sp³-hybridized carbons (Fsp3) is 0.464. The molecule has 0 spiro atoms. The lowest BCUT2D eigenvalue weighted by Gasteiger charge is -2.30. The van der Waals surface area contributed by atoms with Crippen molar-refractivity contribution in [3.8, 4) is 11.4 Å². The highest BCUT2D eigenvalue weighted by molar-refractivity contribution is 7.89. The second-order valence-electron chi connectivity index (χ2n) is 10.1. The Balaban J connectivity index is 1.41. The Morgan fingerprint density at radius 3 is 2.58 bits per heavy atom. The van der Waals surface area contributed by atoms with E-state index in [4.69, 9.17) is 9.72 Å². The van der Waals surface area contributed by atoms with Crippen molar-refractivity contribution in [2.45, 2.75) is 31.1 Å². The first-order valence-corrected chi connectivity index (χ1v) is 14.8. The van der Waals surface area contributed by atoms with Crippen molar-refractivity contribution in [2.75, 3.05) is 52.5 Å². The standard InChI is InChI=1S/C28H35N5O4S/c1-21-8-13-32(14-9-21)12-4-11-30-28(34)24-20-27(26-5-2-3-10-29-26)31-25-7-6-22(19-23(24)25)38(35,36)33-15-17-37-18-16-33/h2-3,5-7,10,19-21H,4,8-9,11-18H2,1H3,(H,30,34). The summed E-state index contributed by atoms with van der Waals surface area (Å²) < 4.78 is 33.4. The van der Waals surface area contributed by atoms with E-state index in [1.54, 1.807) is 30.5 Å². The molecule has 1 aromatic carbocycles. The van der Waals surface area contributed by atoms with Gasteiger partial charge in [-0.2, -0.15) is 4.31 Å². The van der Waals surface area contributed by atoms with Crippen molar-refractivity contribution < 1.29 is 17.9 Å². The first-order chi connectivity index (χ1) is 18.4. The quantitative estimate of drug-likeness (QED) is 0.440. The van der Waals surface area contributed by atoms with E-state index in [0.717, 1.165) is 32.0 Å². The summed E-state index contributed by atoms with van der Waals surface area (Å²) in [6, 6.07) is 12.0. The van der Waals surface area contributed by atoms with Gasteiger partial charge in [-0.25, -0.2) is 13.4 Å². The Bertz CT molecular complexity index is 1370. The van der Waals surface area contributed by atoms with Crippen LogP contribution in [-0.2, 0) is 14.8 Å². The molecule has 1 amide bonds. The van der Waals surface area contributed by atoms with E-state index in [1.807, 2.05) is 18.2 Å². The molecule has 0 bridgehead atoms. The Labute approximate surface area is 224 Å². The number of ether oxygens (including phenoxy) is 1. The van der Waals surface area contributed by atoms with Gasteiger partial charge in [-0.05, 0) is 81.2 Å². The van der Waals surface area contributed by atoms with E-state index in [1.165, 1.54) is 17.1 Å². The number of amides is 1. The highest BCUT2D eigenvalue weighted by atomic mass is 32.2. The maximum Gasteiger partial charge on any atom is 0.252 e. The van der Waals surface area contributed by atoms with E-state index < -0.39 is 10.0 Å². The number of hydrogen-bond donors (Lipinski definition) is 1. The van der Waals surface area contributed by atoms with Crippen LogP contribution in [0.15, 0.2) is 53.6 Å². The second-order valence-corrected chi connectivity index (χ2v) is 12.0. The minimum atomic E-state index is -3.72. The molecule has 2 aliphatic heterocycles. The number of sulfonamides is 1. The molecular weight excluding hydrogens is 502 g/mol. The lowest BCUT2D eigenvalue weighted by Crippen LogP contribution is -2.40. The van der Waals surface area contributed by atoms with Gasteiger partial charge in [0.05, 0.1) is 40.6 Å². The molecule has 0 radical (unpaired) electrons. The summed E-state index contributed by atoms with van der Waals surface area (Å²) in [5, 5.41) is 3.55. The Hall–Kier alpha value is -2.92. The van der Waals surface area contributed by atoms with Crippen molar-refractivity contribution in [3.05, 3.63) is 54.2 Å². The van der Waals surface area contributed by atoms with Gasteiger partial charge in [0.1, 0.15) is 0 Å². The average Bonchev–Trinajstić information content (AvgIpc) is 2.96. The minimum Gasteiger partial charge on any atom is -0.379 e. The van der Waals surface area contributed by atoms with Crippen molar-refractivity contribution in [1.29, 1.82) is 0 Å². The SMILES string of the molecule is CC1CCN(CCCNC(=O)c2cc(-c3ccccn3)nc3ccc(S(=O)(=O)N4CCOCC4)cc23)CC1. The number of benzene rings is 1. The zero-order chi connectivity index (χ0) is 26.5. The van der Waals surface area contributed by atoms with E-state index in [9.17, 15) is 13.2 Å². The number of nitrogens with one attached hydrogen (secondary N) is 1. The zero-order valence-corrected chi connectivity index (χ0v) is 22.6. The fourth-order valence-corrected chi connectivity index (χ4v) is 6.45. The van der Waals surface area contributed by atoms with Gasteiger partial charge < -0.3 is 15.0 Å². The number of morpholine rings is 1. The maximum atomic E-state index is 13.4. The number of nitrogens with zero attached hydrogens (tertiary/aromatic N) is 4. The first-order valence-electron chi connectivity index (χ1n) is 13.4. The summed E-state index contributed by atoms with van der Waals surface area (Å²) >= 11 is 0. The summed E-state index contributed by atoms with van der Waals surface area (Å²) in [5.74, 6) is 0.541. The van der Waals surface area contributed by atoms with Gasteiger partial charge in [0.25, 0.3) is 5.91 Å². The van der Waals surface area contributed by atoms with Crippen LogP contribution >= 0.6 is 0 Å². The average molecular weight is 538 g/mol. The zero-order valence-electron chi connectivity index (χ0n) is 21.8. The molecule has 38 heavy (non-hydrogen) atoms. The number of hydrogen-bond acceptors (Lipinski definition) is 7. The van der Waals surface area contributed by atoms with Gasteiger partial charge in [-0.1, -0.05) is 13.0 Å². The molecule has 202 valence electrons. The van der Waals surface area contributed by atoms with Crippen LogP contribution in [0.5, 0.6) is 0 Å². The molecular formula is C28H35N5O4S. The number of pyridine rings is 2. The summed E-state index contributed by atoms with van der Waals surface area (Å²) in [6.45, 7) is 7.35. The number of aromatic nitrogens is 2. The Morgan fingerprint density at radius 2 is 1.84 bits per heavy atom. The third-order valence-corrected chi connectivity index (χ3v) is 9.27. The van der Waals surface area contributed by atoms with E-state index in [0.29, 0.717) is 60.7 Å². The molecule has 2 saturated heterocycles. The molecule has 2 aliphatic rings.